The Balaban J connectivity index is 1.79. The van der Waals surface area contributed by atoms with Gasteiger partial charge in [0.1, 0.15) is 0 Å². The van der Waals surface area contributed by atoms with Gasteiger partial charge in [0.05, 0.1) is 5.41 Å². The highest BCUT2D eigenvalue weighted by Crippen LogP contribution is 2.35. The quantitative estimate of drug-likeness (QED) is 0.734. The van der Waals surface area contributed by atoms with Crippen molar-refractivity contribution in [1.82, 2.24) is 15.8 Å². The molecule has 0 spiro atoms. The van der Waals surface area contributed by atoms with Gasteiger partial charge in [-0.1, -0.05) is 25.7 Å². The lowest BCUT2D eigenvalue weighted by Crippen LogP contribution is -2.52. The molecular weight excluding hydrogens is 258 g/mol. The molecular formula is C14H25N3O3. The maximum atomic E-state index is 11.9. The van der Waals surface area contributed by atoms with Crippen molar-refractivity contribution in [3.05, 3.63) is 0 Å². The largest absolute Gasteiger partial charge is 0.481 e. The van der Waals surface area contributed by atoms with Gasteiger partial charge in [-0.3, -0.25) is 10.2 Å². The molecule has 0 aromatic heterocycles. The summed E-state index contributed by atoms with van der Waals surface area (Å²) in [6, 6.07) is -0.280. The third-order valence-corrected chi connectivity index (χ3v) is 4.47. The molecule has 0 radical (unpaired) electrons. The molecule has 2 fully saturated rings. The normalized spacial score (nSPS) is 23.0. The summed E-state index contributed by atoms with van der Waals surface area (Å²) in [5, 5.41) is 14.1. The van der Waals surface area contributed by atoms with Gasteiger partial charge in [-0.25, -0.2) is 9.80 Å². The van der Waals surface area contributed by atoms with Crippen LogP contribution in [0.3, 0.4) is 0 Å². The fourth-order valence-electron chi connectivity index (χ4n) is 3.13. The average Bonchev–Trinajstić information content (AvgIpc) is 2.47. The zero-order chi connectivity index (χ0) is 14.4. The number of nitrogens with one attached hydrogen (secondary N) is 2. The minimum absolute atomic E-state index is 0.224. The van der Waals surface area contributed by atoms with Crippen LogP contribution in [-0.2, 0) is 4.79 Å². The van der Waals surface area contributed by atoms with E-state index in [0.717, 1.165) is 45.2 Å². The minimum Gasteiger partial charge on any atom is -0.481 e. The second kappa shape index (κ2) is 6.92. The number of aliphatic carboxylic acids is 1. The first-order chi connectivity index (χ1) is 9.62. The smallest absolute Gasteiger partial charge is 0.329 e. The number of rotatable bonds is 4. The number of amides is 2. The first kappa shape index (κ1) is 15.1. The van der Waals surface area contributed by atoms with Crippen LogP contribution in [0.25, 0.3) is 0 Å². The number of hydrazine groups is 1. The maximum Gasteiger partial charge on any atom is 0.329 e. The third kappa shape index (κ3) is 3.85. The Labute approximate surface area is 119 Å². The molecule has 0 bridgehead atoms. The van der Waals surface area contributed by atoms with E-state index in [0.29, 0.717) is 12.8 Å². The van der Waals surface area contributed by atoms with Crippen LogP contribution >= 0.6 is 0 Å². The third-order valence-electron chi connectivity index (χ3n) is 4.47. The van der Waals surface area contributed by atoms with Crippen LogP contribution in [0.2, 0.25) is 0 Å². The minimum atomic E-state index is -0.782. The topological polar surface area (TPSA) is 81.7 Å². The van der Waals surface area contributed by atoms with Gasteiger partial charge in [0, 0.05) is 19.6 Å². The molecule has 0 unspecified atom stereocenters. The molecule has 1 aliphatic carbocycles. The fourth-order valence-corrected chi connectivity index (χ4v) is 3.13. The summed E-state index contributed by atoms with van der Waals surface area (Å²) in [5.74, 6) is -0.782. The monoisotopic (exact) mass is 283 g/mol. The molecule has 2 aliphatic rings. The zero-order valence-electron chi connectivity index (χ0n) is 12.0. The molecule has 1 saturated carbocycles. The number of carboxylic acids is 1. The van der Waals surface area contributed by atoms with Crippen molar-refractivity contribution in [2.24, 2.45) is 5.41 Å². The van der Waals surface area contributed by atoms with E-state index in [9.17, 15) is 14.7 Å². The summed E-state index contributed by atoms with van der Waals surface area (Å²) in [4.78, 5) is 23.4. The molecule has 0 aromatic rings. The second-order valence-electron chi connectivity index (χ2n) is 5.99. The predicted molar refractivity (Wildman–Crippen MR) is 75.1 cm³/mol. The van der Waals surface area contributed by atoms with Crippen LogP contribution in [0.5, 0.6) is 0 Å². The van der Waals surface area contributed by atoms with Crippen molar-refractivity contribution in [2.45, 2.75) is 51.4 Å². The van der Waals surface area contributed by atoms with Gasteiger partial charge in [-0.2, -0.15) is 0 Å². The molecule has 1 saturated heterocycles. The summed E-state index contributed by atoms with van der Waals surface area (Å²) in [6.45, 7) is 1.97. The van der Waals surface area contributed by atoms with E-state index in [2.05, 4.69) is 10.7 Å². The SMILES string of the molecule is O=C(NCC1(C(=O)O)CCCCC1)NN1CCCCC1. The number of hydrogen-bond acceptors (Lipinski definition) is 3. The molecule has 6 heteroatoms. The van der Waals surface area contributed by atoms with E-state index in [-0.39, 0.29) is 12.6 Å². The van der Waals surface area contributed by atoms with Gasteiger partial charge in [-0.05, 0) is 25.7 Å². The van der Waals surface area contributed by atoms with E-state index in [1.165, 1.54) is 6.42 Å². The van der Waals surface area contributed by atoms with Gasteiger partial charge in [0.25, 0.3) is 0 Å². The fraction of sp³-hybridized carbons (Fsp3) is 0.857. The maximum absolute atomic E-state index is 11.9. The Hall–Kier alpha value is -1.30. The molecule has 0 atom stereocenters. The standard InChI is InChI=1S/C14H25N3O3/c18-12(19)14(7-3-1-4-8-14)11-15-13(20)16-17-9-5-2-6-10-17/h1-11H2,(H,18,19)(H2,15,16,20). The second-order valence-corrected chi connectivity index (χ2v) is 5.99. The van der Waals surface area contributed by atoms with Crippen molar-refractivity contribution in [3.8, 4) is 0 Å². The van der Waals surface area contributed by atoms with Crippen LogP contribution in [-0.4, -0.2) is 41.8 Å². The van der Waals surface area contributed by atoms with Gasteiger partial charge < -0.3 is 10.4 Å². The summed E-state index contributed by atoms with van der Waals surface area (Å²) < 4.78 is 0. The van der Waals surface area contributed by atoms with Crippen LogP contribution in [0.15, 0.2) is 0 Å². The van der Waals surface area contributed by atoms with Crippen LogP contribution in [0.1, 0.15) is 51.4 Å². The molecule has 3 N–H and O–H groups in total. The number of nitrogens with zero attached hydrogens (tertiary/aromatic N) is 1. The van der Waals surface area contributed by atoms with Crippen LogP contribution in [0, 0.1) is 5.41 Å². The zero-order valence-corrected chi connectivity index (χ0v) is 12.0. The lowest BCUT2D eigenvalue weighted by Gasteiger charge is -2.33. The summed E-state index contributed by atoms with van der Waals surface area (Å²) in [5.41, 5.74) is 2.04. The van der Waals surface area contributed by atoms with Crippen molar-refractivity contribution >= 4 is 12.0 Å². The van der Waals surface area contributed by atoms with Gasteiger partial charge >= 0.3 is 12.0 Å². The van der Waals surface area contributed by atoms with E-state index < -0.39 is 11.4 Å². The number of carbonyl (C=O) groups is 2. The van der Waals surface area contributed by atoms with Crippen molar-refractivity contribution in [3.63, 3.8) is 0 Å². The molecule has 2 amide bonds. The highest BCUT2D eigenvalue weighted by molar-refractivity contribution is 5.78. The molecule has 20 heavy (non-hydrogen) atoms. The van der Waals surface area contributed by atoms with Crippen molar-refractivity contribution in [1.29, 1.82) is 0 Å². The number of hydrogen-bond donors (Lipinski definition) is 3. The summed E-state index contributed by atoms with van der Waals surface area (Å²) >= 11 is 0. The van der Waals surface area contributed by atoms with E-state index >= 15 is 0 Å². The highest BCUT2D eigenvalue weighted by atomic mass is 16.4. The van der Waals surface area contributed by atoms with Crippen molar-refractivity contribution in [2.75, 3.05) is 19.6 Å². The molecule has 6 nitrogen and oxygen atoms in total. The first-order valence-corrected chi connectivity index (χ1v) is 7.65. The Morgan fingerprint density at radius 3 is 2.20 bits per heavy atom. The Kier molecular flexibility index (Phi) is 5.23. The van der Waals surface area contributed by atoms with Crippen molar-refractivity contribution < 1.29 is 14.7 Å². The van der Waals surface area contributed by atoms with E-state index in [4.69, 9.17) is 0 Å². The number of carbonyl (C=O) groups excluding carboxylic acids is 1. The summed E-state index contributed by atoms with van der Waals surface area (Å²) in [6.07, 6.45) is 7.68. The predicted octanol–water partition coefficient (Wildman–Crippen LogP) is 1.72. The molecule has 1 heterocycles. The van der Waals surface area contributed by atoms with E-state index in [1.807, 2.05) is 5.01 Å². The molecule has 1 aliphatic heterocycles. The summed E-state index contributed by atoms with van der Waals surface area (Å²) in [7, 11) is 0. The molecule has 114 valence electrons. The Morgan fingerprint density at radius 1 is 1.00 bits per heavy atom. The van der Waals surface area contributed by atoms with Gasteiger partial charge in [0.15, 0.2) is 0 Å². The van der Waals surface area contributed by atoms with Gasteiger partial charge in [0.2, 0.25) is 0 Å². The number of carboxylic acid groups (broad SMARTS) is 1. The van der Waals surface area contributed by atoms with E-state index in [1.54, 1.807) is 0 Å². The highest BCUT2D eigenvalue weighted by Gasteiger charge is 2.39. The lowest BCUT2D eigenvalue weighted by molar-refractivity contribution is -0.150. The first-order valence-electron chi connectivity index (χ1n) is 7.65. The average molecular weight is 283 g/mol. The van der Waals surface area contributed by atoms with Gasteiger partial charge in [-0.15, -0.1) is 0 Å². The molecule has 2 rings (SSSR count). The van der Waals surface area contributed by atoms with Crippen LogP contribution in [0.4, 0.5) is 4.79 Å². The van der Waals surface area contributed by atoms with Crippen LogP contribution < -0.4 is 10.7 Å². The number of piperidine rings is 1. The lowest BCUT2D eigenvalue weighted by atomic mass is 9.74. The molecule has 0 aromatic carbocycles. The number of urea groups is 1. The Bertz CT molecular complexity index is 348. The Morgan fingerprint density at radius 2 is 1.60 bits per heavy atom.